The molecule has 0 aliphatic heterocycles. The quantitative estimate of drug-likeness (QED) is 0.792. The summed E-state index contributed by atoms with van der Waals surface area (Å²) in [5.74, 6) is 0. The van der Waals surface area contributed by atoms with Gasteiger partial charge in [0.25, 0.3) is 0 Å². The largest absolute Gasteiger partial charge is 0.305 e. The summed E-state index contributed by atoms with van der Waals surface area (Å²) in [6, 6.07) is 6.19. The SMILES string of the molecule is CC(NCc1cn[nH]c1)c1ccccn1. The number of nitrogens with one attached hydrogen (secondary N) is 2. The highest BCUT2D eigenvalue weighted by Gasteiger charge is 2.05. The number of rotatable bonds is 4. The van der Waals surface area contributed by atoms with Crippen LogP contribution in [0.4, 0.5) is 0 Å². The molecular weight excluding hydrogens is 188 g/mol. The summed E-state index contributed by atoms with van der Waals surface area (Å²) < 4.78 is 0. The smallest absolute Gasteiger partial charge is 0.0570 e. The molecule has 2 heterocycles. The summed E-state index contributed by atoms with van der Waals surface area (Å²) in [5, 5.41) is 10.1. The maximum Gasteiger partial charge on any atom is 0.0570 e. The minimum absolute atomic E-state index is 0.251. The Balaban J connectivity index is 1.90. The first-order chi connectivity index (χ1) is 7.36. The molecule has 2 rings (SSSR count). The monoisotopic (exact) mass is 202 g/mol. The number of hydrogen-bond donors (Lipinski definition) is 2. The van der Waals surface area contributed by atoms with Gasteiger partial charge in [-0.1, -0.05) is 6.07 Å². The second kappa shape index (κ2) is 4.70. The van der Waals surface area contributed by atoms with Gasteiger partial charge in [0.2, 0.25) is 0 Å². The van der Waals surface area contributed by atoms with E-state index in [1.54, 1.807) is 0 Å². The molecule has 0 amide bonds. The fourth-order valence-electron chi connectivity index (χ4n) is 1.38. The zero-order chi connectivity index (χ0) is 10.5. The molecule has 2 N–H and O–H groups in total. The first-order valence-corrected chi connectivity index (χ1v) is 4.98. The third kappa shape index (κ3) is 2.63. The Bertz CT molecular complexity index is 382. The Kier molecular flexibility index (Phi) is 3.09. The van der Waals surface area contributed by atoms with Crippen molar-refractivity contribution in [3.63, 3.8) is 0 Å². The van der Waals surface area contributed by atoms with Crippen molar-refractivity contribution in [2.24, 2.45) is 0 Å². The molecule has 0 radical (unpaired) electrons. The number of aromatic amines is 1. The Hall–Kier alpha value is -1.68. The second-order valence-corrected chi connectivity index (χ2v) is 3.46. The maximum absolute atomic E-state index is 4.29. The Morgan fingerprint density at radius 3 is 3.07 bits per heavy atom. The number of H-pyrrole nitrogens is 1. The average molecular weight is 202 g/mol. The van der Waals surface area contributed by atoms with Gasteiger partial charge in [0.05, 0.1) is 11.9 Å². The van der Waals surface area contributed by atoms with Gasteiger partial charge in [0.1, 0.15) is 0 Å². The zero-order valence-electron chi connectivity index (χ0n) is 8.64. The molecule has 1 atom stereocenters. The van der Waals surface area contributed by atoms with Crippen LogP contribution in [0.1, 0.15) is 24.2 Å². The molecule has 0 aromatic carbocycles. The minimum Gasteiger partial charge on any atom is -0.305 e. The lowest BCUT2D eigenvalue weighted by Gasteiger charge is -2.11. The van der Waals surface area contributed by atoms with Crippen LogP contribution >= 0.6 is 0 Å². The van der Waals surface area contributed by atoms with Crippen LogP contribution in [0, 0.1) is 0 Å². The van der Waals surface area contributed by atoms with E-state index in [0.29, 0.717) is 0 Å². The molecule has 0 fully saturated rings. The van der Waals surface area contributed by atoms with Crippen molar-refractivity contribution in [2.45, 2.75) is 19.5 Å². The van der Waals surface area contributed by atoms with E-state index in [1.165, 1.54) is 0 Å². The molecule has 2 aromatic rings. The lowest BCUT2D eigenvalue weighted by atomic mass is 10.2. The van der Waals surface area contributed by atoms with Crippen LogP contribution in [-0.2, 0) is 6.54 Å². The number of pyridine rings is 1. The van der Waals surface area contributed by atoms with Crippen LogP contribution in [0.3, 0.4) is 0 Å². The highest BCUT2D eigenvalue weighted by atomic mass is 15.1. The normalized spacial score (nSPS) is 12.6. The van der Waals surface area contributed by atoms with Crippen LogP contribution in [0.25, 0.3) is 0 Å². The zero-order valence-corrected chi connectivity index (χ0v) is 8.64. The van der Waals surface area contributed by atoms with Gasteiger partial charge in [-0.2, -0.15) is 5.10 Å². The van der Waals surface area contributed by atoms with E-state index in [4.69, 9.17) is 0 Å². The van der Waals surface area contributed by atoms with Crippen molar-refractivity contribution in [1.29, 1.82) is 0 Å². The van der Waals surface area contributed by atoms with Crippen molar-refractivity contribution >= 4 is 0 Å². The first-order valence-electron chi connectivity index (χ1n) is 4.98. The number of aromatic nitrogens is 3. The molecule has 0 aliphatic rings. The van der Waals surface area contributed by atoms with E-state index in [0.717, 1.165) is 17.8 Å². The third-order valence-electron chi connectivity index (χ3n) is 2.30. The molecule has 0 aliphatic carbocycles. The van der Waals surface area contributed by atoms with Gasteiger partial charge in [-0.3, -0.25) is 10.1 Å². The van der Waals surface area contributed by atoms with E-state index in [1.807, 2.05) is 36.8 Å². The minimum atomic E-state index is 0.251. The predicted octanol–water partition coefficient (Wildman–Crippen LogP) is 1.66. The number of nitrogens with zero attached hydrogens (tertiary/aromatic N) is 2. The fraction of sp³-hybridized carbons (Fsp3) is 0.273. The van der Waals surface area contributed by atoms with E-state index < -0.39 is 0 Å². The van der Waals surface area contributed by atoms with Gasteiger partial charge < -0.3 is 5.32 Å². The van der Waals surface area contributed by atoms with Gasteiger partial charge in [-0.15, -0.1) is 0 Å². The Morgan fingerprint density at radius 2 is 2.40 bits per heavy atom. The number of hydrogen-bond acceptors (Lipinski definition) is 3. The van der Waals surface area contributed by atoms with Crippen molar-refractivity contribution in [3.05, 3.63) is 48.0 Å². The van der Waals surface area contributed by atoms with E-state index >= 15 is 0 Å². The highest BCUT2D eigenvalue weighted by Crippen LogP contribution is 2.08. The topological polar surface area (TPSA) is 53.6 Å². The first kappa shape index (κ1) is 9.86. The van der Waals surface area contributed by atoms with Crippen LogP contribution in [0.2, 0.25) is 0 Å². The lowest BCUT2D eigenvalue weighted by molar-refractivity contribution is 0.561. The summed E-state index contributed by atoms with van der Waals surface area (Å²) in [7, 11) is 0. The molecule has 0 bridgehead atoms. The molecule has 2 aromatic heterocycles. The van der Waals surface area contributed by atoms with Gasteiger partial charge in [-0.25, -0.2) is 0 Å². The molecule has 78 valence electrons. The molecule has 0 saturated carbocycles. The summed E-state index contributed by atoms with van der Waals surface area (Å²) in [4.78, 5) is 4.29. The fourth-order valence-corrected chi connectivity index (χ4v) is 1.38. The van der Waals surface area contributed by atoms with E-state index in [9.17, 15) is 0 Å². The van der Waals surface area contributed by atoms with Crippen LogP contribution in [-0.4, -0.2) is 15.2 Å². The van der Waals surface area contributed by atoms with Gasteiger partial charge in [0.15, 0.2) is 0 Å². The lowest BCUT2D eigenvalue weighted by Crippen LogP contribution is -2.18. The second-order valence-electron chi connectivity index (χ2n) is 3.46. The van der Waals surface area contributed by atoms with E-state index in [2.05, 4.69) is 27.4 Å². The average Bonchev–Trinajstić information content (AvgIpc) is 2.80. The van der Waals surface area contributed by atoms with Crippen LogP contribution in [0.5, 0.6) is 0 Å². The summed E-state index contributed by atoms with van der Waals surface area (Å²) in [6.45, 7) is 2.90. The van der Waals surface area contributed by atoms with Crippen molar-refractivity contribution in [1.82, 2.24) is 20.5 Å². The van der Waals surface area contributed by atoms with Gasteiger partial charge in [0, 0.05) is 30.5 Å². The Labute approximate surface area is 88.8 Å². The predicted molar refractivity (Wildman–Crippen MR) is 58.1 cm³/mol. The standard InChI is InChI=1S/C11H14N4/c1-9(11-4-2-3-5-12-11)13-6-10-7-14-15-8-10/h2-5,7-9,13H,6H2,1H3,(H,14,15). The van der Waals surface area contributed by atoms with Crippen molar-refractivity contribution in [2.75, 3.05) is 0 Å². The summed E-state index contributed by atoms with van der Waals surface area (Å²) in [5.41, 5.74) is 2.21. The molecule has 4 nitrogen and oxygen atoms in total. The highest BCUT2D eigenvalue weighted by molar-refractivity contribution is 5.09. The maximum atomic E-state index is 4.29. The molecule has 15 heavy (non-hydrogen) atoms. The molecule has 4 heteroatoms. The summed E-state index contributed by atoms with van der Waals surface area (Å²) >= 11 is 0. The van der Waals surface area contributed by atoms with Crippen LogP contribution < -0.4 is 5.32 Å². The Morgan fingerprint density at radius 1 is 1.47 bits per heavy atom. The van der Waals surface area contributed by atoms with Gasteiger partial charge in [-0.05, 0) is 19.1 Å². The molecular formula is C11H14N4. The summed E-state index contributed by atoms with van der Waals surface area (Å²) in [6.07, 6.45) is 5.52. The van der Waals surface area contributed by atoms with Crippen molar-refractivity contribution in [3.8, 4) is 0 Å². The van der Waals surface area contributed by atoms with E-state index in [-0.39, 0.29) is 6.04 Å². The van der Waals surface area contributed by atoms with Gasteiger partial charge >= 0.3 is 0 Å². The van der Waals surface area contributed by atoms with Crippen molar-refractivity contribution < 1.29 is 0 Å². The molecule has 1 unspecified atom stereocenters. The third-order valence-corrected chi connectivity index (χ3v) is 2.30. The van der Waals surface area contributed by atoms with Crippen LogP contribution in [0.15, 0.2) is 36.8 Å². The molecule has 0 saturated heterocycles. The molecule has 0 spiro atoms.